The van der Waals surface area contributed by atoms with Gasteiger partial charge in [-0.2, -0.15) is 4.98 Å². The molecule has 7 nitrogen and oxygen atoms in total. The second-order valence-corrected chi connectivity index (χ2v) is 6.46. The molecule has 0 saturated heterocycles. The van der Waals surface area contributed by atoms with Gasteiger partial charge < -0.3 is 18.9 Å². The van der Waals surface area contributed by atoms with Crippen LogP contribution in [0.2, 0.25) is 0 Å². The van der Waals surface area contributed by atoms with Crippen LogP contribution < -0.4 is 9.47 Å². The van der Waals surface area contributed by atoms with Gasteiger partial charge in [-0.1, -0.05) is 23.4 Å². The predicted molar refractivity (Wildman–Crippen MR) is 104 cm³/mol. The summed E-state index contributed by atoms with van der Waals surface area (Å²) >= 11 is 0. The fraction of sp³-hybridized carbons (Fsp3) is 0.286. The first kappa shape index (κ1) is 19.4. The Bertz CT molecular complexity index is 892. The summed E-state index contributed by atoms with van der Waals surface area (Å²) < 4.78 is 16.1. The number of para-hydroxylation sites is 1. The van der Waals surface area contributed by atoms with Gasteiger partial charge in [0.25, 0.3) is 5.91 Å². The second kappa shape index (κ2) is 9.03. The van der Waals surface area contributed by atoms with Crippen LogP contribution in [-0.2, 0) is 11.3 Å². The smallest absolute Gasteiger partial charge is 0.261 e. The van der Waals surface area contributed by atoms with Gasteiger partial charge in [0.15, 0.2) is 6.61 Å². The molecule has 0 unspecified atom stereocenters. The van der Waals surface area contributed by atoms with Crippen molar-refractivity contribution in [2.75, 3.05) is 13.7 Å². The van der Waals surface area contributed by atoms with E-state index in [0.29, 0.717) is 17.5 Å². The molecule has 3 aromatic rings. The number of amides is 1. The van der Waals surface area contributed by atoms with Crippen molar-refractivity contribution in [1.82, 2.24) is 15.0 Å². The van der Waals surface area contributed by atoms with Gasteiger partial charge in [0, 0.05) is 11.6 Å². The lowest BCUT2D eigenvalue weighted by Crippen LogP contribution is -2.39. The van der Waals surface area contributed by atoms with Crippen LogP contribution in [0.1, 0.15) is 19.7 Å². The average molecular weight is 381 g/mol. The number of hydrogen-bond donors (Lipinski definition) is 0. The van der Waals surface area contributed by atoms with Crippen LogP contribution >= 0.6 is 0 Å². The number of carbonyl (C=O) groups excluding carboxylic acids is 1. The van der Waals surface area contributed by atoms with Crippen molar-refractivity contribution < 1.29 is 18.8 Å². The minimum Gasteiger partial charge on any atom is -0.497 e. The van der Waals surface area contributed by atoms with E-state index >= 15 is 0 Å². The third kappa shape index (κ3) is 4.88. The number of methoxy groups -OCH3 is 1. The molecule has 0 spiro atoms. The quantitative estimate of drug-likeness (QED) is 0.594. The van der Waals surface area contributed by atoms with E-state index in [9.17, 15) is 4.79 Å². The Balaban J connectivity index is 1.65. The lowest BCUT2D eigenvalue weighted by atomic mass is 10.2. The number of aromatic nitrogens is 2. The minimum absolute atomic E-state index is 0.0387. The molecule has 28 heavy (non-hydrogen) atoms. The molecule has 1 amide bonds. The van der Waals surface area contributed by atoms with Gasteiger partial charge >= 0.3 is 0 Å². The van der Waals surface area contributed by atoms with Crippen LogP contribution in [0.3, 0.4) is 0 Å². The van der Waals surface area contributed by atoms with Crippen LogP contribution in [0, 0.1) is 0 Å². The summed E-state index contributed by atoms with van der Waals surface area (Å²) in [4.78, 5) is 18.7. The maximum Gasteiger partial charge on any atom is 0.261 e. The van der Waals surface area contributed by atoms with Gasteiger partial charge in [-0.3, -0.25) is 4.79 Å². The molecule has 0 N–H and O–H groups in total. The largest absolute Gasteiger partial charge is 0.497 e. The highest BCUT2D eigenvalue weighted by molar-refractivity contribution is 5.78. The van der Waals surface area contributed by atoms with Crippen molar-refractivity contribution in [3.8, 4) is 22.9 Å². The summed E-state index contributed by atoms with van der Waals surface area (Å²) in [7, 11) is 1.61. The molecular weight excluding hydrogens is 358 g/mol. The summed E-state index contributed by atoms with van der Waals surface area (Å²) in [5, 5.41) is 4.01. The summed E-state index contributed by atoms with van der Waals surface area (Å²) in [5.41, 5.74) is 0.811. The fourth-order valence-corrected chi connectivity index (χ4v) is 2.63. The van der Waals surface area contributed by atoms with Gasteiger partial charge in [0.1, 0.15) is 18.0 Å². The maximum atomic E-state index is 12.6. The van der Waals surface area contributed by atoms with Crippen molar-refractivity contribution in [3.05, 3.63) is 60.5 Å². The molecule has 0 bridgehead atoms. The normalized spacial score (nSPS) is 10.7. The SMILES string of the molecule is COc1ccc(-c2noc(CN(C(=O)COc3ccccc3)C(C)C)n2)cc1. The lowest BCUT2D eigenvalue weighted by molar-refractivity contribution is -0.136. The fourth-order valence-electron chi connectivity index (χ4n) is 2.63. The van der Waals surface area contributed by atoms with Gasteiger partial charge in [-0.25, -0.2) is 0 Å². The minimum atomic E-state index is -0.150. The van der Waals surface area contributed by atoms with E-state index in [4.69, 9.17) is 14.0 Å². The molecule has 0 aliphatic heterocycles. The van der Waals surface area contributed by atoms with Gasteiger partial charge in [-0.15, -0.1) is 0 Å². The first-order valence-electron chi connectivity index (χ1n) is 9.01. The highest BCUT2D eigenvalue weighted by Gasteiger charge is 2.21. The average Bonchev–Trinajstić information content (AvgIpc) is 3.19. The molecule has 7 heteroatoms. The van der Waals surface area contributed by atoms with E-state index in [1.165, 1.54) is 0 Å². The maximum absolute atomic E-state index is 12.6. The van der Waals surface area contributed by atoms with Crippen molar-refractivity contribution in [2.45, 2.75) is 26.4 Å². The molecule has 1 heterocycles. The zero-order valence-corrected chi connectivity index (χ0v) is 16.2. The summed E-state index contributed by atoms with van der Waals surface area (Å²) in [6.07, 6.45) is 0. The van der Waals surface area contributed by atoms with E-state index in [2.05, 4.69) is 10.1 Å². The number of nitrogens with zero attached hydrogens (tertiary/aromatic N) is 3. The molecule has 0 aliphatic rings. The van der Waals surface area contributed by atoms with Crippen LogP contribution in [0.5, 0.6) is 11.5 Å². The van der Waals surface area contributed by atoms with Crippen molar-refractivity contribution in [1.29, 1.82) is 0 Å². The lowest BCUT2D eigenvalue weighted by Gasteiger charge is -2.25. The molecule has 0 fully saturated rings. The second-order valence-electron chi connectivity index (χ2n) is 6.46. The van der Waals surface area contributed by atoms with E-state index in [1.54, 1.807) is 12.0 Å². The van der Waals surface area contributed by atoms with Gasteiger partial charge in [0.05, 0.1) is 7.11 Å². The predicted octanol–water partition coefficient (Wildman–Crippen LogP) is 3.56. The first-order valence-corrected chi connectivity index (χ1v) is 9.01. The van der Waals surface area contributed by atoms with Crippen LogP contribution in [0.15, 0.2) is 59.1 Å². The molecule has 0 aliphatic carbocycles. The Morgan fingerprint density at radius 3 is 2.43 bits per heavy atom. The topological polar surface area (TPSA) is 77.7 Å². The molecule has 146 valence electrons. The van der Waals surface area contributed by atoms with E-state index < -0.39 is 0 Å². The van der Waals surface area contributed by atoms with Crippen LogP contribution in [-0.4, -0.2) is 40.7 Å². The van der Waals surface area contributed by atoms with Crippen molar-refractivity contribution >= 4 is 5.91 Å². The molecule has 0 atom stereocenters. The zero-order valence-electron chi connectivity index (χ0n) is 16.2. The van der Waals surface area contributed by atoms with E-state index in [0.717, 1.165) is 11.3 Å². The molecule has 0 saturated carbocycles. The number of rotatable bonds is 8. The Morgan fingerprint density at radius 1 is 1.07 bits per heavy atom. The molecule has 2 aromatic carbocycles. The summed E-state index contributed by atoms with van der Waals surface area (Å²) in [5.74, 6) is 2.09. The third-order valence-corrected chi connectivity index (χ3v) is 4.17. The molecule has 1 aromatic heterocycles. The van der Waals surface area contributed by atoms with Crippen molar-refractivity contribution in [3.63, 3.8) is 0 Å². The van der Waals surface area contributed by atoms with Gasteiger partial charge in [-0.05, 0) is 50.2 Å². The molecule has 3 rings (SSSR count). The van der Waals surface area contributed by atoms with Crippen LogP contribution in [0.4, 0.5) is 0 Å². The standard InChI is InChI=1S/C21H23N3O4/c1-15(2)24(20(25)14-27-18-7-5-4-6-8-18)13-19-22-21(23-28-19)16-9-11-17(26-3)12-10-16/h4-12,15H,13-14H2,1-3H3. The molecule has 0 radical (unpaired) electrons. The highest BCUT2D eigenvalue weighted by atomic mass is 16.5. The van der Waals surface area contributed by atoms with E-state index in [-0.39, 0.29) is 25.1 Å². The number of hydrogen-bond acceptors (Lipinski definition) is 6. The Labute approximate surface area is 163 Å². The highest BCUT2D eigenvalue weighted by Crippen LogP contribution is 2.20. The summed E-state index contributed by atoms with van der Waals surface area (Å²) in [6.45, 7) is 4.03. The first-order chi connectivity index (χ1) is 13.6. The van der Waals surface area contributed by atoms with Gasteiger partial charge in [0.2, 0.25) is 11.7 Å². The van der Waals surface area contributed by atoms with Crippen LogP contribution in [0.25, 0.3) is 11.4 Å². The Kier molecular flexibility index (Phi) is 6.26. The van der Waals surface area contributed by atoms with Crippen molar-refractivity contribution in [2.24, 2.45) is 0 Å². The summed E-state index contributed by atoms with van der Waals surface area (Å²) in [6, 6.07) is 16.6. The van der Waals surface area contributed by atoms with E-state index in [1.807, 2.05) is 68.4 Å². The number of ether oxygens (including phenoxy) is 2. The Hall–Kier alpha value is -3.35. The molecular formula is C21H23N3O4. The number of carbonyl (C=O) groups is 1. The zero-order chi connectivity index (χ0) is 19.9. The monoisotopic (exact) mass is 381 g/mol. The number of benzene rings is 2. The third-order valence-electron chi connectivity index (χ3n) is 4.17. The Morgan fingerprint density at radius 2 is 1.79 bits per heavy atom.